The molecule has 3 aromatic rings. The topological polar surface area (TPSA) is 42.3 Å². The fraction of sp³-hybridized carbons (Fsp3) is 0.333. The predicted octanol–water partition coefficient (Wildman–Crippen LogP) is 3.91. The average Bonchev–Trinajstić information content (AvgIpc) is 2.86. The molecule has 0 radical (unpaired) electrons. The quantitative estimate of drug-likeness (QED) is 0.665. The van der Waals surface area contributed by atoms with E-state index in [0.29, 0.717) is 11.1 Å². The van der Waals surface area contributed by atoms with Crippen molar-refractivity contribution in [2.24, 2.45) is 0 Å². The number of rotatable bonds is 5. The molecule has 1 fully saturated rings. The van der Waals surface area contributed by atoms with E-state index in [1.54, 1.807) is 13.8 Å². The third kappa shape index (κ3) is 2.76. The van der Waals surface area contributed by atoms with Gasteiger partial charge in [0.2, 0.25) is 0 Å². The number of benzene rings is 2. The van der Waals surface area contributed by atoms with Gasteiger partial charge in [0, 0.05) is 46.0 Å². The van der Waals surface area contributed by atoms with E-state index in [4.69, 9.17) is 0 Å². The number of nitrogens with zero attached hydrogens (tertiary/aromatic N) is 2. The molecule has 1 saturated heterocycles. The number of aromatic nitrogens is 1. The molecule has 1 aliphatic heterocycles. The Morgan fingerprint density at radius 3 is 1.76 bits per heavy atom. The Morgan fingerprint density at radius 2 is 1.36 bits per heavy atom. The monoisotopic (exact) mass is 334 g/mol. The minimum atomic E-state index is 0.0612. The van der Waals surface area contributed by atoms with Crippen molar-refractivity contribution in [3.63, 3.8) is 0 Å². The second-order valence-electron chi connectivity index (χ2n) is 6.92. The van der Waals surface area contributed by atoms with Crippen molar-refractivity contribution in [1.29, 1.82) is 0 Å². The second-order valence-corrected chi connectivity index (χ2v) is 6.92. The first kappa shape index (κ1) is 16.0. The molecule has 0 N–H and O–H groups in total. The van der Waals surface area contributed by atoms with Gasteiger partial charge in [0.15, 0.2) is 11.6 Å². The molecular weight excluding hydrogens is 312 g/mol. The molecule has 0 amide bonds. The Bertz CT molecular complexity index is 925. The Morgan fingerprint density at radius 1 is 0.840 bits per heavy atom. The third-order valence-corrected chi connectivity index (χ3v) is 5.27. The number of hydrogen-bond donors (Lipinski definition) is 0. The summed E-state index contributed by atoms with van der Waals surface area (Å²) in [6.45, 7) is 7.48. The van der Waals surface area contributed by atoms with Gasteiger partial charge in [-0.3, -0.25) is 9.59 Å². The lowest BCUT2D eigenvalue weighted by Gasteiger charge is -2.30. The molecule has 0 aliphatic carbocycles. The lowest BCUT2D eigenvalue weighted by molar-refractivity contribution is 0.100. The number of likely N-dealkylation sites (tertiary alicyclic amines) is 1. The SMILES string of the molecule is CC(=O)c1ccc2c(c1)c1cc(C(C)=O)ccc1n2CCN1CCC1. The van der Waals surface area contributed by atoms with Gasteiger partial charge in [0.05, 0.1) is 0 Å². The Labute approximate surface area is 147 Å². The van der Waals surface area contributed by atoms with E-state index in [9.17, 15) is 9.59 Å². The van der Waals surface area contributed by atoms with Crippen molar-refractivity contribution in [2.75, 3.05) is 19.6 Å². The van der Waals surface area contributed by atoms with Gasteiger partial charge in [-0.05, 0) is 69.8 Å². The Kier molecular flexibility index (Phi) is 3.92. The summed E-state index contributed by atoms with van der Waals surface area (Å²) in [5.41, 5.74) is 3.67. The van der Waals surface area contributed by atoms with Crippen LogP contribution in [0.4, 0.5) is 0 Å². The van der Waals surface area contributed by atoms with E-state index >= 15 is 0 Å². The maximum Gasteiger partial charge on any atom is 0.159 e. The molecular formula is C21H22N2O2. The highest BCUT2D eigenvalue weighted by molar-refractivity contribution is 6.12. The predicted molar refractivity (Wildman–Crippen MR) is 101 cm³/mol. The number of ketones is 2. The highest BCUT2D eigenvalue weighted by Gasteiger charge is 2.17. The molecule has 1 aliphatic rings. The third-order valence-electron chi connectivity index (χ3n) is 5.27. The van der Waals surface area contributed by atoms with Gasteiger partial charge < -0.3 is 9.47 Å². The second kappa shape index (κ2) is 6.12. The van der Waals surface area contributed by atoms with Crippen LogP contribution < -0.4 is 0 Å². The standard InChI is InChI=1S/C21H22N2O2/c1-14(24)16-4-6-20-18(12-16)19-13-17(15(2)25)5-7-21(19)23(20)11-10-22-8-3-9-22/h4-7,12-13H,3,8-11H2,1-2H3. The molecule has 2 aromatic carbocycles. The molecule has 4 heteroatoms. The fourth-order valence-corrected chi connectivity index (χ4v) is 3.63. The molecule has 25 heavy (non-hydrogen) atoms. The summed E-state index contributed by atoms with van der Waals surface area (Å²) in [6, 6.07) is 11.8. The highest BCUT2D eigenvalue weighted by atomic mass is 16.1. The average molecular weight is 334 g/mol. The van der Waals surface area contributed by atoms with Crippen LogP contribution >= 0.6 is 0 Å². The summed E-state index contributed by atoms with van der Waals surface area (Å²) in [4.78, 5) is 26.1. The molecule has 1 aromatic heterocycles. The molecule has 128 valence electrons. The number of carbonyl (C=O) groups excluding carboxylic acids is 2. The normalized spacial score (nSPS) is 14.8. The molecule has 0 spiro atoms. The van der Waals surface area contributed by atoms with Crippen LogP contribution in [0.3, 0.4) is 0 Å². The van der Waals surface area contributed by atoms with Crippen molar-refractivity contribution in [3.05, 3.63) is 47.5 Å². The molecule has 4 rings (SSSR count). The lowest BCUT2D eigenvalue weighted by atomic mass is 10.0. The highest BCUT2D eigenvalue weighted by Crippen LogP contribution is 2.31. The van der Waals surface area contributed by atoms with E-state index in [2.05, 4.69) is 9.47 Å². The first-order valence-electron chi connectivity index (χ1n) is 8.85. The molecule has 4 nitrogen and oxygen atoms in total. The molecule has 2 heterocycles. The van der Waals surface area contributed by atoms with Crippen molar-refractivity contribution in [3.8, 4) is 0 Å². The van der Waals surface area contributed by atoms with Crippen LogP contribution in [0, 0.1) is 0 Å². The van der Waals surface area contributed by atoms with Crippen LogP contribution in [0.5, 0.6) is 0 Å². The summed E-state index contributed by atoms with van der Waals surface area (Å²) in [5, 5.41) is 2.10. The Hall–Kier alpha value is -2.46. The molecule has 0 bridgehead atoms. The number of fused-ring (bicyclic) bond motifs is 3. The first-order valence-corrected chi connectivity index (χ1v) is 8.85. The van der Waals surface area contributed by atoms with Gasteiger partial charge >= 0.3 is 0 Å². The lowest BCUT2D eigenvalue weighted by Crippen LogP contribution is -2.39. The van der Waals surface area contributed by atoms with Gasteiger partial charge in [-0.25, -0.2) is 0 Å². The zero-order chi connectivity index (χ0) is 17.6. The fourth-order valence-electron chi connectivity index (χ4n) is 3.63. The van der Waals surface area contributed by atoms with Crippen molar-refractivity contribution < 1.29 is 9.59 Å². The van der Waals surface area contributed by atoms with Crippen LogP contribution in [0.1, 0.15) is 41.0 Å². The zero-order valence-corrected chi connectivity index (χ0v) is 14.7. The van der Waals surface area contributed by atoms with Crippen LogP contribution in [-0.2, 0) is 6.54 Å². The largest absolute Gasteiger partial charge is 0.339 e. The summed E-state index contributed by atoms with van der Waals surface area (Å²) >= 11 is 0. The minimum absolute atomic E-state index is 0.0612. The van der Waals surface area contributed by atoms with E-state index in [1.165, 1.54) is 19.5 Å². The summed E-state index contributed by atoms with van der Waals surface area (Å²) in [6.07, 6.45) is 1.29. The van der Waals surface area contributed by atoms with Gasteiger partial charge in [-0.15, -0.1) is 0 Å². The van der Waals surface area contributed by atoms with Gasteiger partial charge in [-0.2, -0.15) is 0 Å². The molecule has 0 unspecified atom stereocenters. The van der Waals surface area contributed by atoms with E-state index < -0.39 is 0 Å². The maximum atomic E-state index is 11.8. The summed E-state index contributed by atoms with van der Waals surface area (Å²) in [7, 11) is 0. The van der Waals surface area contributed by atoms with E-state index in [-0.39, 0.29) is 11.6 Å². The van der Waals surface area contributed by atoms with Gasteiger partial charge in [0.25, 0.3) is 0 Å². The van der Waals surface area contributed by atoms with Crippen molar-refractivity contribution in [2.45, 2.75) is 26.8 Å². The van der Waals surface area contributed by atoms with Crippen LogP contribution in [0.25, 0.3) is 21.8 Å². The van der Waals surface area contributed by atoms with Gasteiger partial charge in [0.1, 0.15) is 0 Å². The van der Waals surface area contributed by atoms with Crippen LogP contribution in [0.2, 0.25) is 0 Å². The smallest absolute Gasteiger partial charge is 0.159 e. The van der Waals surface area contributed by atoms with Crippen molar-refractivity contribution >= 4 is 33.4 Å². The van der Waals surface area contributed by atoms with E-state index in [0.717, 1.165) is 34.9 Å². The van der Waals surface area contributed by atoms with Crippen molar-refractivity contribution in [1.82, 2.24) is 9.47 Å². The number of hydrogen-bond acceptors (Lipinski definition) is 3. The maximum absolute atomic E-state index is 11.8. The zero-order valence-electron chi connectivity index (χ0n) is 14.7. The minimum Gasteiger partial charge on any atom is -0.339 e. The number of carbonyl (C=O) groups is 2. The van der Waals surface area contributed by atoms with E-state index in [1.807, 2.05) is 36.4 Å². The first-order chi connectivity index (χ1) is 12.0. The molecule has 0 saturated carbocycles. The van der Waals surface area contributed by atoms with Crippen LogP contribution in [0.15, 0.2) is 36.4 Å². The summed E-state index contributed by atoms with van der Waals surface area (Å²) in [5.74, 6) is 0.122. The number of Topliss-reactive ketones (excluding diaryl/α,β-unsaturated/α-hetero) is 2. The Balaban J connectivity index is 1.90. The summed E-state index contributed by atoms with van der Waals surface area (Å²) < 4.78 is 2.32. The molecule has 0 atom stereocenters. The van der Waals surface area contributed by atoms with Crippen LogP contribution in [-0.4, -0.2) is 40.7 Å². The van der Waals surface area contributed by atoms with Gasteiger partial charge in [-0.1, -0.05) is 0 Å².